The SMILES string of the molecule is C/C(=C\c1cccs1)C(=O)Nc1ccccc1. The molecule has 1 heterocycles. The summed E-state index contributed by atoms with van der Waals surface area (Å²) < 4.78 is 0. The van der Waals surface area contributed by atoms with Crippen molar-refractivity contribution in [1.29, 1.82) is 0 Å². The molecular formula is C14H13NOS. The summed E-state index contributed by atoms with van der Waals surface area (Å²) in [5.41, 5.74) is 1.52. The third-order valence-corrected chi connectivity index (χ3v) is 3.11. The molecule has 0 atom stereocenters. The summed E-state index contributed by atoms with van der Waals surface area (Å²) in [5, 5.41) is 4.85. The van der Waals surface area contributed by atoms with E-state index >= 15 is 0 Å². The maximum absolute atomic E-state index is 11.9. The Kier molecular flexibility index (Phi) is 3.73. The van der Waals surface area contributed by atoms with Gasteiger partial charge in [0.05, 0.1) is 0 Å². The van der Waals surface area contributed by atoms with E-state index in [0.717, 1.165) is 10.6 Å². The van der Waals surface area contributed by atoms with Crippen LogP contribution < -0.4 is 5.32 Å². The van der Waals surface area contributed by atoms with Crippen LogP contribution in [-0.2, 0) is 4.79 Å². The summed E-state index contributed by atoms with van der Waals surface area (Å²) in [6.07, 6.45) is 1.89. The molecule has 2 aromatic rings. The van der Waals surface area contributed by atoms with Crippen molar-refractivity contribution in [3.8, 4) is 0 Å². The number of hydrogen-bond donors (Lipinski definition) is 1. The number of anilines is 1. The molecule has 0 bridgehead atoms. The van der Waals surface area contributed by atoms with Crippen molar-refractivity contribution >= 4 is 29.0 Å². The molecule has 3 heteroatoms. The number of carbonyl (C=O) groups excluding carboxylic acids is 1. The maximum atomic E-state index is 11.9. The van der Waals surface area contributed by atoms with Crippen LogP contribution in [-0.4, -0.2) is 5.91 Å². The second-order valence-electron chi connectivity index (χ2n) is 3.66. The first-order valence-corrected chi connectivity index (χ1v) is 6.22. The number of nitrogens with one attached hydrogen (secondary N) is 1. The zero-order chi connectivity index (χ0) is 12.1. The van der Waals surface area contributed by atoms with Crippen LogP contribution in [0.5, 0.6) is 0 Å². The smallest absolute Gasteiger partial charge is 0.251 e. The van der Waals surface area contributed by atoms with E-state index in [2.05, 4.69) is 5.32 Å². The molecule has 1 aromatic heterocycles. The largest absolute Gasteiger partial charge is 0.322 e. The number of benzene rings is 1. The number of para-hydroxylation sites is 1. The third kappa shape index (κ3) is 3.29. The predicted octanol–water partition coefficient (Wildman–Crippen LogP) is 3.79. The minimum absolute atomic E-state index is 0.0652. The van der Waals surface area contributed by atoms with Crippen LogP contribution in [0.4, 0.5) is 5.69 Å². The average Bonchev–Trinajstić information content (AvgIpc) is 2.83. The van der Waals surface area contributed by atoms with E-state index in [9.17, 15) is 4.79 Å². The quantitative estimate of drug-likeness (QED) is 0.816. The highest BCUT2D eigenvalue weighted by molar-refractivity contribution is 7.10. The van der Waals surface area contributed by atoms with Gasteiger partial charge in [0.15, 0.2) is 0 Å². The second kappa shape index (κ2) is 5.46. The molecule has 0 saturated carbocycles. The first kappa shape index (κ1) is 11.6. The van der Waals surface area contributed by atoms with Gasteiger partial charge in [-0.1, -0.05) is 24.3 Å². The number of carbonyl (C=O) groups is 1. The molecule has 0 spiro atoms. The second-order valence-corrected chi connectivity index (χ2v) is 4.64. The molecule has 0 aliphatic heterocycles. The zero-order valence-electron chi connectivity index (χ0n) is 9.51. The summed E-state index contributed by atoms with van der Waals surface area (Å²) in [7, 11) is 0. The number of amides is 1. The molecule has 2 nitrogen and oxygen atoms in total. The summed E-state index contributed by atoms with van der Waals surface area (Å²) in [6.45, 7) is 1.82. The Balaban J connectivity index is 2.06. The fourth-order valence-electron chi connectivity index (χ4n) is 1.40. The lowest BCUT2D eigenvalue weighted by Gasteiger charge is -2.04. The summed E-state index contributed by atoms with van der Waals surface area (Å²) in [5.74, 6) is -0.0652. The van der Waals surface area contributed by atoms with Crippen molar-refractivity contribution in [1.82, 2.24) is 0 Å². The van der Waals surface area contributed by atoms with Crippen molar-refractivity contribution in [3.63, 3.8) is 0 Å². The lowest BCUT2D eigenvalue weighted by Crippen LogP contribution is -2.12. The van der Waals surface area contributed by atoms with Gasteiger partial charge >= 0.3 is 0 Å². The van der Waals surface area contributed by atoms with E-state index in [0.29, 0.717) is 5.57 Å². The van der Waals surface area contributed by atoms with Gasteiger partial charge in [0, 0.05) is 16.1 Å². The molecule has 1 amide bonds. The van der Waals surface area contributed by atoms with Gasteiger partial charge in [-0.2, -0.15) is 0 Å². The lowest BCUT2D eigenvalue weighted by molar-refractivity contribution is -0.112. The van der Waals surface area contributed by atoms with Crippen LogP contribution in [0.2, 0.25) is 0 Å². The monoisotopic (exact) mass is 243 g/mol. The van der Waals surface area contributed by atoms with Crippen LogP contribution in [0, 0.1) is 0 Å². The van der Waals surface area contributed by atoms with Crippen LogP contribution in [0.25, 0.3) is 6.08 Å². The number of rotatable bonds is 3. The molecule has 0 aliphatic carbocycles. The van der Waals surface area contributed by atoms with Crippen LogP contribution in [0.15, 0.2) is 53.4 Å². The molecule has 86 valence electrons. The topological polar surface area (TPSA) is 29.1 Å². The highest BCUT2D eigenvalue weighted by Gasteiger charge is 2.04. The van der Waals surface area contributed by atoms with Crippen LogP contribution >= 0.6 is 11.3 Å². The Bertz CT molecular complexity index is 514. The molecular weight excluding hydrogens is 230 g/mol. The molecule has 17 heavy (non-hydrogen) atoms. The zero-order valence-corrected chi connectivity index (χ0v) is 10.3. The molecule has 1 aromatic carbocycles. The molecule has 0 radical (unpaired) electrons. The van der Waals surface area contributed by atoms with Gasteiger partial charge in [0.25, 0.3) is 5.91 Å². The van der Waals surface area contributed by atoms with E-state index in [1.807, 2.05) is 60.8 Å². The van der Waals surface area contributed by atoms with Gasteiger partial charge in [-0.05, 0) is 36.6 Å². The summed E-state index contributed by atoms with van der Waals surface area (Å²) in [6, 6.07) is 13.4. The first-order chi connectivity index (χ1) is 8.25. The Hall–Kier alpha value is -1.87. The van der Waals surface area contributed by atoms with Gasteiger partial charge < -0.3 is 5.32 Å². The standard InChI is InChI=1S/C14H13NOS/c1-11(10-13-8-5-9-17-13)14(16)15-12-6-3-2-4-7-12/h2-10H,1H3,(H,15,16)/b11-10+. The van der Waals surface area contributed by atoms with Gasteiger partial charge in [-0.15, -0.1) is 11.3 Å². The van der Waals surface area contributed by atoms with Crippen molar-refractivity contribution in [2.45, 2.75) is 6.92 Å². The summed E-state index contributed by atoms with van der Waals surface area (Å²) >= 11 is 1.62. The van der Waals surface area contributed by atoms with Crippen LogP contribution in [0.3, 0.4) is 0 Å². The molecule has 2 rings (SSSR count). The Morgan fingerprint density at radius 1 is 1.18 bits per heavy atom. The van der Waals surface area contributed by atoms with Gasteiger partial charge in [-0.3, -0.25) is 4.79 Å². The van der Waals surface area contributed by atoms with Crippen molar-refractivity contribution in [2.24, 2.45) is 0 Å². The summed E-state index contributed by atoms with van der Waals surface area (Å²) in [4.78, 5) is 13.0. The minimum atomic E-state index is -0.0652. The Morgan fingerprint density at radius 2 is 1.94 bits per heavy atom. The highest BCUT2D eigenvalue weighted by Crippen LogP contribution is 2.14. The highest BCUT2D eigenvalue weighted by atomic mass is 32.1. The van der Waals surface area contributed by atoms with E-state index < -0.39 is 0 Å². The maximum Gasteiger partial charge on any atom is 0.251 e. The molecule has 0 fully saturated rings. The first-order valence-electron chi connectivity index (χ1n) is 5.34. The Labute approximate surface area is 105 Å². The molecule has 0 unspecified atom stereocenters. The Morgan fingerprint density at radius 3 is 2.59 bits per heavy atom. The number of thiophene rings is 1. The molecule has 1 N–H and O–H groups in total. The fraction of sp³-hybridized carbons (Fsp3) is 0.0714. The molecule has 0 saturated heterocycles. The van der Waals surface area contributed by atoms with Crippen molar-refractivity contribution in [2.75, 3.05) is 5.32 Å². The minimum Gasteiger partial charge on any atom is -0.322 e. The van der Waals surface area contributed by atoms with Crippen molar-refractivity contribution in [3.05, 3.63) is 58.3 Å². The van der Waals surface area contributed by atoms with E-state index in [1.54, 1.807) is 11.3 Å². The predicted molar refractivity (Wildman–Crippen MR) is 73.0 cm³/mol. The third-order valence-electron chi connectivity index (χ3n) is 2.29. The van der Waals surface area contributed by atoms with E-state index in [1.165, 1.54) is 0 Å². The van der Waals surface area contributed by atoms with Crippen LogP contribution in [0.1, 0.15) is 11.8 Å². The number of hydrogen-bond acceptors (Lipinski definition) is 2. The molecule has 0 aliphatic rings. The van der Waals surface area contributed by atoms with E-state index in [4.69, 9.17) is 0 Å². The van der Waals surface area contributed by atoms with Crippen molar-refractivity contribution < 1.29 is 4.79 Å². The van der Waals surface area contributed by atoms with Gasteiger partial charge in [0.1, 0.15) is 0 Å². The van der Waals surface area contributed by atoms with E-state index in [-0.39, 0.29) is 5.91 Å². The normalized spacial score (nSPS) is 11.2. The lowest BCUT2D eigenvalue weighted by atomic mass is 10.2. The fourth-order valence-corrected chi connectivity index (χ4v) is 2.12. The van der Waals surface area contributed by atoms with Gasteiger partial charge in [0.2, 0.25) is 0 Å². The average molecular weight is 243 g/mol. The van der Waals surface area contributed by atoms with Gasteiger partial charge in [-0.25, -0.2) is 0 Å².